The Morgan fingerprint density at radius 1 is 1.23 bits per heavy atom. The van der Waals surface area contributed by atoms with E-state index in [9.17, 15) is 8.42 Å². The largest absolute Gasteiger partial charge is 0.483 e. The first-order chi connectivity index (χ1) is 12.5. The first-order valence-corrected chi connectivity index (χ1v) is 9.42. The van der Waals surface area contributed by atoms with Crippen molar-refractivity contribution in [1.29, 1.82) is 0 Å². The number of sulfonamides is 1. The molecule has 3 aromatic rings. The molecule has 0 fully saturated rings. The Bertz CT molecular complexity index is 908. The Hall–Kier alpha value is -3.14. The second-order valence-corrected chi connectivity index (χ2v) is 7.12. The molecular weight excluding hydrogens is 358 g/mol. The first kappa shape index (κ1) is 19.2. The monoisotopic (exact) mass is 377 g/mol. The summed E-state index contributed by atoms with van der Waals surface area (Å²) in [6.07, 6.45) is 9.85. The molecule has 0 bridgehead atoms. The molecule has 1 aromatic carbocycles. The highest BCUT2D eigenvalue weighted by atomic mass is 32.2. The normalized spacial score (nSPS) is 10.7. The fourth-order valence-corrected chi connectivity index (χ4v) is 3.23. The van der Waals surface area contributed by atoms with Gasteiger partial charge in [0.1, 0.15) is 0 Å². The maximum atomic E-state index is 12.2. The Labute approximate surface area is 151 Å². The maximum Gasteiger partial charge on any atom is 0.290 e. The molecule has 2 heterocycles. The molecule has 0 radical (unpaired) electrons. The van der Waals surface area contributed by atoms with E-state index < -0.39 is 10.0 Å². The minimum absolute atomic E-state index is 0.250. The van der Waals surface area contributed by atoms with Crippen molar-refractivity contribution in [2.24, 2.45) is 0 Å². The van der Waals surface area contributed by atoms with Crippen molar-refractivity contribution in [3.8, 4) is 5.69 Å². The van der Waals surface area contributed by atoms with E-state index >= 15 is 0 Å². The third kappa shape index (κ3) is 5.18. The van der Waals surface area contributed by atoms with Gasteiger partial charge in [0.2, 0.25) is 10.0 Å². The van der Waals surface area contributed by atoms with Gasteiger partial charge in [0.05, 0.1) is 30.5 Å². The van der Waals surface area contributed by atoms with Gasteiger partial charge < -0.3 is 9.67 Å². The summed E-state index contributed by atoms with van der Waals surface area (Å²) in [5.74, 6) is 0. The van der Waals surface area contributed by atoms with Crippen molar-refractivity contribution in [3.05, 3.63) is 61.4 Å². The predicted molar refractivity (Wildman–Crippen MR) is 96.7 cm³/mol. The highest BCUT2D eigenvalue weighted by Crippen LogP contribution is 2.21. The van der Waals surface area contributed by atoms with E-state index in [0.717, 1.165) is 5.69 Å². The molecule has 0 aliphatic carbocycles. The van der Waals surface area contributed by atoms with Crippen LogP contribution >= 0.6 is 0 Å². The minimum atomic E-state index is -3.39. The third-order valence-corrected chi connectivity index (χ3v) is 4.60. The van der Waals surface area contributed by atoms with E-state index in [0.29, 0.717) is 18.8 Å². The lowest BCUT2D eigenvalue weighted by molar-refractivity contribution is -0.122. The summed E-state index contributed by atoms with van der Waals surface area (Å²) in [6.45, 7) is 0.608. The fraction of sp³-hybridized carbons (Fsp3) is 0.188. The van der Waals surface area contributed by atoms with E-state index in [4.69, 9.17) is 9.90 Å². The first-order valence-electron chi connectivity index (χ1n) is 7.57. The van der Waals surface area contributed by atoms with Crippen molar-refractivity contribution in [3.63, 3.8) is 0 Å². The molecule has 9 nitrogen and oxygen atoms in total. The van der Waals surface area contributed by atoms with Crippen molar-refractivity contribution in [2.45, 2.75) is 6.54 Å². The SMILES string of the molecule is CS(=O)(=O)N(CCn1ccnc1)c1cccc(-n2cccn2)c1.O=CO. The van der Waals surface area contributed by atoms with Gasteiger partial charge in [-0.25, -0.2) is 18.1 Å². The number of benzene rings is 1. The van der Waals surface area contributed by atoms with Gasteiger partial charge >= 0.3 is 0 Å². The average Bonchev–Trinajstić information content (AvgIpc) is 3.29. The van der Waals surface area contributed by atoms with Crippen molar-refractivity contribution in [1.82, 2.24) is 19.3 Å². The van der Waals surface area contributed by atoms with Crippen LogP contribution in [0.4, 0.5) is 5.69 Å². The topological polar surface area (TPSA) is 110 Å². The molecule has 0 saturated heterocycles. The second-order valence-electron chi connectivity index (χ2n) is 5.21. The van der Waals surface area contributed by atoms with Crippen LogP contribution < -0.4 is 4.31 Å². The van der Waals surface area contributed by atoms with Gasteiger partial charge in [0, 0.05) is 31.3 Å². The zero-order valence-corrected chi connectivity index (χ0v) is 14.9. The van der Waals surface area contributed by atoms with E-state index in [2.05, 4.69) is 10.1 Å². The molecule has 0 unspecified atom stereocenters. The Kier molecular flexibility index (Phi) is 6.50. The van der Waals surface area contributed by atoms with Crippen LogP contribution in [-0.2, 0) is 21.4 Å². The number of imidazole rings is 1. The highest BCUT2D eigenvalue weighted by molar-refractivity contribution is 7.92. The van der Waals surface area contributed by atoms with E-state index in [-0.39, 0.29) is 6.47 Å². The number of hydrogen-bond acceptors (Lipinski definition) is 5. The summed E-state index contributed by atoms with van der Waals surface area (Å²) in [7, 11) is -3.39. The molecule has 0 spiro atoms. The number of hydrogen-bond donors (Lipinski definition) is 1. The van der Waals surface area contributed by atoms with E-state index in [1.54, 1.807) is 35.7 Å². The van der Waals surface area contributed by atoms with Crippen LogP contribution in [0.3, 0.4) is 0 Å². The Morgan fingerprint density at radius 3 is 2.58 bits per heavy atom. The number of carbonyl (C=O) groups is 1. The number of anilines is 1. The van der Waals surface area contributed by atoms with E-state index in [1.807, 2.05) is 35.0 Å². The van der Waals surface area contributed by atoms with Crippen LogP contribution in [0.2, 0.25) is 0 Å². The summed E-state index contributed by atoms with van der Waals surface area (Å²) >= 11 is 0. The second kappa shape index (κ2) is 8.81. The van der Waals surface area contributed by atoms with Crippen LogP contribution in [-0.4, -0.2) is 52.1 Å². The molecule has 0 aliphatic rings. The minimum Gasteiger partial charge on any atom is -0.483 e. The number of aromatic nitrogens is 4. The molecule has 26 heavy (non-hydrogen) atoms. The van der Waals surface area contributed by atoms with Crippen LogP contribution in [0.5, 0.6) is 0 Å². The molecule has 0 aliphatic heterocycles. The van der Waals surface area contributed by atoms with Crippen LogP contribution in [0.25, 0.3) is 5.69 Å². The summed E-state index contributed by atoms with van der Waals surface area (Å²) < 4.78 is 29.3. The summed E-state index contributed by atoms with van der Waals surface area (Å²) in [5.41, 5.74) is 1.42. The Morgan fingerprint density at radius 2 is 2.00 bits per heavy atom. The van der Waals surface area contributed by atoms with Crippen LogP contribution in [0.1, 0.15) is 0 Å². The van der Waals surface area contributed by atoms with Gasteiger partial charge in [-0.1, -0.05) is 6.07 Å². The summed E-state index contributed by atoms with van der Waals surface area (Å²) in [6, 6.07) is 9.11. The maximum absolute atomic E-state index is 12.2. The lowest BCUT2D eigenvalue weighted by Crippen LogP contribution is -2.33. The molecule has 3 rings (SSSR count). The van der Waals surface area contributed by atoms with Gasteiger partial charge in [-0.3, -0.25) is 9.10 Å². The average molecular weight is 377 g/mol. The van der Waals surface area contributed by atoms with Gasteiger partial charge in [0.25, 0.3) is 6.47 Å². The number of nitrogens with zero attached hydrogens (tertiary/aromatic N) is 5. The molecule has 138 valence electrons. The smallest absolute Gasteiger partial charge is 0.290 e. The summed E-state index contributed by atoms with van der Waals surface area (Å²) in [5, 5.41) is 11.1. The molecule has 0 amide bonds. The van der Waals surface area contributed by atoms with Gasteiger partial charge in [-0.05, 0) is 24.3 Å². The van der Waals surface area contributed by atoms with Gasteiger partial charge in [-0.2, -0.15) is 5.10 Å². The predicted octanol–water partition coefficient (Wildman–Crippen LogP) is 1.24. The van der Waals surface area contributed by atoms with Crippen molar-refractivity contribution < 1.29 is 18.3 Å². The standard InChI is InChI=1S/C15H17N5O2S.CH2O2/c1-23(21,22)20(11-10-18-9-7-16-13-18)15-5-2-4-14(12-15)19-8-3-6-17-19;2-1-3/h2-9,12-13H,10-11H2,1H3;1H,(H,2,3). The number of carboxylic acid groups (broad SMARTS) is 1. The van der Waals surface area contributed by atoms with Crippen LogP contribution in [0.15, 0.2) is 61.4 Å². The number of rotatable bonds is 6. The molecule has 0 saturated carbocycles. The quantitative estimate of drug-likeness (QED) is 0.647. The van der Waals surface area contributed by atoms with Gasteiger partial charge in [0.15, 0.2) is 0 Å². The zero-order chi connectivity index (χ0) is 19.0. The lowest BCUT2D eigenvalue weighted by atomic mass is 10.2. The highest BCUT2D eigenvalue weighted by Gasteiger charge is 2.17. The van der Waals surface area contributed by atoms with E-state index in [1.165, 1.54) is 10.6 Å². The zero-order valence-electron chi connectivity index (χ0n) is 14.1. The van der Waals surface area contributed by atoms with Gasteiger partial charge in [-0.15, -0.1) is 0 Å². The Balaban J connectivity index is 0.000000758. The molecular formula is C16H19N5O4S. The lowest BCUT2D eigenvalue weighted by Gasteiger charge is -2.23. The summed E-state index contributed by atoms with van der Waals surface area (Å²) in [4.78, 5) is 12.3. The fourth-order valence-electron chi connectivity index (χ4n) is 2.32. The molecule has 1 N–H and O–H groups in total. The van der Waals surface area contributed by atoms with Crippen molar-refractivity contribution in [2.75, 3.05) is 17.1 Å². The van der Waals surface area contributed by atoms with Crippen LogP contribution in [0, 0.1) is 0 Å². The molecule has 2 aromatic heterocycles. The molecule has 10 heteroatoms. The van der Waals surface area contributed by atoms with Crippen molar-refractivity contribution >= 4 is 22.2 Å². The molecule has 0 atom stereocenters. The third-order valence-electron chi connectivity index (χ3n) is 3.41.